The molecule has 1 atom stereocenters. The number of allylic oxidation sites excluding steroid dienone is 1. The van der Waals surface area contributed by atoms with Crippen molar-refractivity contribution >= 4 is 29.5 Å². The number of hydrogen-bond donors (Lipinski definition) is 1. The number of ether oxygens (including phenoxy) is 1. The first-order valence-corrected chi connectivity index (χ1v) is 14.7. The van der Waals surface area contributed by atoms with Crippen LogP contribution < -0.4 is 5.32 Å². The zero-order valence-corrected chi connectivity index (χ0v) is 25.6. The van der Waals surface area contributed by atoms with Crippen LogP contribution in [0.25, 0.3) is 11.1 Å². The summed E-state index contributed by atoms with van der Waals surface area (Å²) < 4.78 is 5.54. The zero-order valence-electron chi connectivity index (χ0n) is 24.8. The van der Waals surface area contributed by atoms with Gasteiger partial charge in [-0.2, -0.15) is 0 Å². The molecular formula is C34H38ClN3O4. The lowest BCUT2D eigenvalue weighted by Gasteiger charge is -2.38. The number of aryl methyl sites for hydroxylation is 1. The average Bonchev–Trinajstić information content (AvgIpc) is 2.97. The zero-order chi connectivity index (χ0) is 30.4. The van der Waals surface area contributed by atoms with E-state index in [9.17, 15) is 14.4 Å². The van der Waals surface area contributed by atoms with Crippen LogP contribution >= 0.6 is 11.6 Å². The third kappa shape index (κ3) is 7.21. The van der Waals surface area contributed by atoms with Crippen LogP contribution in [-0.4, -0.2) is 53.9 Å². The Bertz CT molecular complexity index is 1460. The average molecular weight is 588 g/mol. The first-order chi connectivity index (χ1) is 20.1. The number of nitrogens with zero attached hydrogens (tertiary/aromatic N) is 2. The van der Waals surface area contributed by atoms with E-state index in [-0.39, 0.29) is 18.0 Å². The van der Waals surface area contributed by atoms with Gasteiger partial charge in [-0.15, -0.1) is 0 Å². The maximum absolute atomic E-state index is 13.2. The molecule has 0 fully saturated rings. The molecule has 0 radical (unpaired) electrons. The standard InChI is InChI=1S/C34H38ClN3O4/c1-6-24-11-13-25(14-12-24)26-15-17-27(18-16-26)32(39)37(5)19-8-20-38-31(28-9-7-10-29(35)21-28)30(23(4)36-34(38)41)33(40)42-22(2)3/h7,9-18,21-22,31H,6,8,19-20H2,1-5H3,(H,36,41). The molecule has 7 nitrogen and oxygen atoms in total. The Labute approximate surface area is 253 Å². The molecule has 0 spiro atoms. The van der Waals surface area contributed by atoms with E-state index < -0.39 is 12.0 Å². The fourth-order valence-electron chi connectivity index (χ4n) is 5.11. The lowest BCUT2D eigenvalue weighted by molar-refractivity contribution is -0.143. The van der Waals surface area contributed by atoms with E-state index in [0.29, 0.717) is 46.9 Å². The molecule has 4 rings (SSSR count). The Kier molecular flexibility index (Phi) is 10.1. The maximum atomic E-state index is 13.2. The number of nitrogens with one attached hydrogen (secondary N) is 1. The summed E-state index contributed by atoms with van der Waals surface area (Å²) in [6, 6.07) is 22.2. The second-order valence-electron chi connectivity index (χ2n) is 10.8. The van der Waals surface area contributed by atoms with E-state index in [4.69, 9.17) is 16.3 Å². The minimum Gasteiger partial charge on any atom is -0.459 e. The van der Waals surface area contributed by atoms with E-state index >= 15 is 0 Å². The molecule has 8 heteroatoms. The summed E-state index contributed by atoms with van der Waals surface area (Å²) in [6.07, 6.45) is 1.17. The molecule has 0 saturated carbocycles. The van der Waals surface area contributed by atoms with E-state index in [1.54, 1.807) is 55.8 Å². The Morgan fingerprint density at radius 1 is 1.02 bits per heavy atom. The van der Waals surface area contributed by atoms with Crippen molar-refractivity contribution in [3.63, 3.8) is 0 Å². The summed E-state index contributed by atoms with van der Waals surface area (Å²) in [6.45, 7) is 8.11. The molecule has 1 aliphatic heterocycles. The lowest BCUT2D eigenvalue weighted by Crippen LogP contribution is -2.49. The Morgan fingerprint density at radius 3 is 2.26 bits per heavy atom. The third-order valence-electron chi connectivity index (χ3n) is 7.34. The minimum atomic E-state index is -0.677. The molecule has 3 aromatic carbocycles. The van der Waals surface area contributed by atoms with Crippen molar-refractivity contribution < 1.29 is 19.1 Å². The number of carbonyl (C=O) groups is 3. The van der Waals surface area contributed by atoms with Crippen LogP contribution in [0.5, 0.6) is 0 Å². The van der Waals surface area contributed by atoms with E-state index in [2.05, 4.69) is 36.5 Å². The summed E-state index contributed by atoms with van der Waals surface area (Å²) in [5, 5.41) is 3.31. The maximum Gasteiger partial charge on any atom is 0.338 e. The quantitative estimate of drug-likeness (QED) is 0.258. The molecule has 1 N–H and O–H groups in total. The lowest BCUT2D eigenvalue weighted by atomic mass is 9.93. The van der Waals surface area contributed by atoms with Gasteiger partial charge in [0.25, 0.3) is 5.91 Å². The fraction of sp³-hybridized carbons (Fsp3) is 0.324. The molecule has 0 aromatic heterocycles. The van der Waals surface area contributed by atoms with Gasteiger partial charge >= 0.3 is 12.0 Å². The largest absolute Gasteiger partial charge is 0.459 e. The number of urea groups is 1. The van der Waals surface area contributed by atoms with Crippen molar-refractivity contribution in [1.82, 2.24) is 15.1 Å². The fourth-order valence-corrected chi connectivity index (χ4v) is 5.31. The third-order valence-corrected chi connectivity index (χ3v) is 7.57. The van der Waals surface area contributed by atoms with Gasteiger partial charge in [-0.3, -0.25) is 4.79 Å². The molecule has 1 unspecified atom stereocenters. The molecule has 0 aliphatic carbocycles. The molecule has 220 valence electrons. The highest BCUT2D eigenvalue weighted by atomic mass is 35.5. The van der Waals surface area contributed by atoms with Crippen molar-refractivity contribution in [2.75, 3.05) is 20.1 Å². The molecule has 3 aromatic rings. The Balaban J connectivity index is 1.46. The molecule has 1 heterocycles. The van der Waals surface area contributed by atoms with Crippen molar-refractivity contribution in [2.24, 2.45) is 0 Å². The van der Waals surface area contributed by atoms with Crippen molar-refractivity contribution in [1.29, 1.82) is 0 Å². The van der Waals surface area contributed by atoms with Crippen LogP contribution in [0.3, 0.4) is 0 Å². The smallest absolute Gasteiger partial charge is 0.338 e. The molecule has 1 aliphatic rings. The van der Waals surface area contributed by atoms with Gasteiger partial charge in [-0.25, -0.2) is 9.59 Å². The normalized spacial score (nSPS) is 15.1. The predicted molar refractivity (Wildman–Crippen MR) is 166 cm³/mol. The summed E-state index contributed by atoms with van der Waals surface area (Å²) >= 11 is 6.30. The van der Waals surface area contributed by atoms with E-state index in [0.717, 1.165) is 17.5 Å². The van der Waals surface area contributed by atoms with Crippen molar-refractivity contribution in [3.05, 3.63) is 106 Å². The van der Waals surface area contributed by atoms with Crippen LogP contribution in [0, 0.1) is 0 Å². The van der Waals surface area contributed by atoms with Crippen LogP contribution in [0.15, 0.2) is 84.1 Å². The van der Waals surface area contributed by atoms with Gasteiger partial charge in [0.05, 0.1) is 17.7 Å². The highest BCUT2D eigenvalue weighted by molar-refractivity contribution is 6.30. The predicted octanol–water partition coefficient (Wildman–Crippen LogP) is 7.02. The molecule has 0 saturated heterocycles. The number of rotatable bonds is 10. The van der Waals surface area contributed by atoms with Crippen LogP contribution in [0.1, 0.15) is 61.6 Å². The second-order valence-corrected chi connectivity index (χ2v) is 11.2. The van der Waals surface area contributed by atoms with Gasteiger partial charge in [0, 0.05) is 36.4 Å². The highest BCUT2D eigenvalue weighted by Gasteiger charge is 2.38. The molecule has 42 heavy (non-hydrogen) atoms. The first-order valence-electron chi connectivity index (χ1n) is 14.3. The second kappa shape index (κ2) is 13.7. The first kappa shape index (κ1) is 30.8. The van der Waals surface area contributed by atoms with Gasteiger partial charge in [-0.1, -0.05) is 67.1 Å². The van der Waals surface area contributed by atoms with Crippen molar-refractivity contribution in [2.45, 2.75) is 52.7 Å². The van der Waals surface area contributed by atoms with Gasteiger partial charge in [0.1, 0.15) is 0 Å². The summed E-state index contributed by atoms with van der Waals surface area (Å²) in [5.74, 6) is -0.594. The van der Waals surface area contributed by atoms with Crippen LogP contribution in [0.2, 0.25) is 5.02 Å². The number of amides is 3. The van der Waals surface area contributed by atoms with Crippen LogP contribution in [0.4, 0.5) is 4.79 Å². The number of carbonyl (C=O) groups excluding carboxylic acids is 3. The SMILES string of the molecule is CCc1ccc(-c2ccc(C(=O)N(C)CCCN3C(=O)NC(C)=C(C(=O)OC(C)C)C3c3cccc(Cl)c3)cc2)cc1. The molecule has 0 bridgehead atoms. The topological polar surface area (TPSA) is 79.0 Å². The van der Waals surface area contributed by atoms with E-state index in [1.807, 2.05) is 30.3 Å². The van der Waals surface area contributed by atoms with Crippen molar-refractivity contribution in [3.8, 4) is 11.1 Å². The summed E-state index contributed by atoms with van der Waals surface area (Å²) in [7, 11) is 1.75. The van der Waals surface area contributed by atoms with Gasteiger partial charge in [0.2, 0.25) is 0 Å². The van der Waals surface area contributed by atoms with E-state index in [1.165, 1.54) is 5.56 Å². The molecule has 3 amide bonds. The minimum absolute atomic E-state index is 0.102. The summed E-state index contributed by atoms with van der Waals surface area (Å²) in [5.41, 5.74) is 5.55. The summed E-state index contributed by atoms with van der Waals surface area (Å²) in [4.78, 5) is 42.8. The Hall–Kier alpha value is -4.10. The van der Waals surface area contributed by atoms with Gasteiger partial charge in [-0.05, 0) is 80.1 Å². The number of esters is 1. The number of halogens is 1. The van der Waals surface area contributed by atoms with Gasteiger partial charge in [0.15, 0.2) is 0 Å². The number of hydrogen-bond acceptors (Lipinski definition) is 4. The molecular weight excluding hydrogens is 550 g/mol. The Morgan fingerprint density at radius 2 is 1.67 bits per heavy atom. The number of benzene rings is 3. The highest BCUT2D eigenvalue weighted by Crippen LogP contribution is 2.35. The monoisotopic (exact) mass is 587 g/mol. The van der Waals surface area contributed by atoms with Gasteiger partial charge < -0.3 is 19.9 Å². The van der Waals surface area contributed by atoms with Crippen LogP contribution in [-0.2, 0) is 16.0 Å².